The maximum absolute atomic E-state index is 12.2. The smallest absolute Gasteiger partial charge is 0.228 e. The van der Waals surface area contributed by atoms with Gasteiger partial charge >= 0.3 is 0 Å². The van der Waals surface area contributed by atoms with Crippen LogP contribution in [0, 0.1) is 0 Å². The second-order valence-corrected chi connectivity index (χ2v) is 3.81. The van der Waals surface area contributed by atoms with Crippen LogP contribution in [0.1, 0.15) is 0 Å². The first-order valence-electron chi connectivity index (χ1n) is 5.34. The van der Waals surface area contributed by atoms with E-state index in [1.54, 1.807) is 30.5 Å². The number of nitrogens with zero attached hydrogens (tertiary/aromatic N) is 2. The van der Waals surface area contributed by atoms with E-state index in [1.165, 1.54) is 6.33 Å². The Labute approximate surface area is 102 Å². The molecule has 1 aromatic heterocycles. The average Bonchev–Trinajstić information content (AvgIpc) is 2.39. The summed E-state index contributed by atoms with van der Waals surface area (Å²) in [6, 6.07) is 6.54. The highest BCUT2D eigenvalue weighted by Gasteiger charge is 2.08. The summed E-state index contributed by atoms with van der Waals surface area (Å²) in [4.78, 5) is 8.04. The van der Waals surface area contributed by atoms with Crippen LogP contribution in [0.4, 0.5) is 4.39 Å². The Kier molecular flexibility index (Phi) is 2.44. The fourth-order valence-electron chi connectivity index (χ4n) is 1.99. The highest BCUT2D eigenvalue weighted by molar-refractivity contribution is 6.09. The van der Waals surface area contributed by atoms with Crippen molar-refractivity contribution < 1.29 is 14.2 Å². The van der Waals surface area contributed by atoms with Crippen LogP contribution in [0.2, 0.25) is 0 Å². The van der Waals surface area contributed by atoms with Gasteiger partial charge < -0.3 is 9.84 Å². The lowest BCUT2D eigenvalue weighted by atomic mass is 10.0. The van der Waals surface area contributed by atoms with Gasteiger partial charge in [0.15, 0.2) is 0 Å². The molecule has 1 heterocycles. The first kappa shape index (κ1) is 10.7. The van der Waals surface area contributed by atoms with E-state index in [9.17, 15) is 9.50 Å². The standard InChI is InChI=1S/C13H9FN2O2/c14-6-18-8-1-2-9-10(3-8)11-5-15-7-16-12(11)4-13(9)17/h1-5,7,17H,6H2. The van der Waals surface area contributed by atoms with Crippen LogP contribution >= 0.6 is 0 Å². The number of rotatable bonds is 2. The van der Waals surface area contributed by atoms with Gasteiger partial charge in [-0.05, 0) is 23.6 Å². The number of phenolic OH excluding ortho intramolecular Hbond substituents is 1. The van der Waals surface area contributed by atoms with Crippen molar-refractivity contribution in [1.29, 1.82) is 0 Å². The zero-order valence-electron chi connectivity index (χ0n) is 9.30. The summed E-state index contributed by atoms with van der Waals surface area (Å²) in [6.07, 6.45) is 3.07. The predicted molar refractivity (Wildman–Crippen MR) is 65.3 cm³/mol. The number of benzene rings is 2. The number of hydrogen-bond donors (Lipinski definition) is 1. The molecule has 3 aromatic rings. The molecular formula is C13H9FN2O2. The van der Waals surface area contributed by atoms with E-state index < -0.39 is 6.86 Å². The van der Waals surface area contributed by atoms with Crippen LogP contribution in [0.5, 0.6) is 11.5 Å². The molecule has 0 fully saturated rings. The molecule has 18 heavy (non-hydrogen) atoms. The van der Waals surface area contributed by atoms with Gasteiger partial charge in [-0.1, -0.05) is 0 Å². The van der Waals surface area contributed by atoms with Crippen molar-refractivity contribution >= 4 is 21.7 Å². The topological polar surface area (TPSA) is 55.2 Å². The molecule has 0 saturated heterocycles. The highest BCUT2D eigenvalue weighted by Crippen LogP contribution is 2.33. The van der Waals surface area contributed by atoms with Gasteiger partial charge in [0, 0.05) is 23.0 Å². The Hall–Kier alpha value is -2.43. The molecule has 0 spiro atoms. The molecule has 0 unspecified atom stereocenters. The zero-order valence-corrected chi connectivity index (χ0v) is 9.30. The monoisotopic (exact) mass is 244 g/mol. The number of halogens is 1. The number of fused-ring (bicyclic) bond motifs is 3. The molecule has 4 nitrogen and oxygen atoms in total. The normalized spacial score (nSPS) is 10.9. The van der Waals surface area contributed by atoms with Crippen molar-refractivity contribution in [2.24, 2.45) is 0 Å². The van der Waals surface area contributed by atoms with Gasteiger partial charge in [-0.3, -0.25) is 0 Å². The molecule has 1 N–H and O–H groups in total. The Balaban J connectivity index is 2.40. The van der Waals surface area contributed by atoms with Gasteiger partial charge in [-0.15, -0.1) is 0 Å². The van der Waals surface area contributed by atoms with Crippen molar-refractivity contribution in [3.63, 3.8) is 0 Å². The van der Waals surface area contributed by atoms with Crippen LogP contribution in [0.3, 0.4) is 0 Å². The number of hydrogen-bond acceptors (Lipinski definition) is 4. The minimum absolute atomic E-state index is 0.128. The number of alkyl halides is 1. The molecule has 5 heteroatoms. The average molecular weight is 244 g/mol. The van der Waals surface area contributed by atoms with E-state index in [2.05, 4.69) is 9.97 Å². The van der Waals surface area contributed by atoms with Gasteiger partial charge in [0.1, 0.15) is 17.8 Å². The molecule has 0 bridgehead atoms. The van der Waals surface area contributed by atoms with E-state index in [0.29, 0.717) is 16.7 Å². The van der Waals surface area contributed by atoms with E-state index >= 15 is 0 Å². The SMILES string of the molecule is Oc1cc2ncncc2c2cc(OCF)ccc12. The third kappa shape index (κ3) is 1.60. The number of phenols is 1. The number of aromatic nitrogens is 2. The van der Waals surface area contributed by atoms with Gasteiger partial charge in [0.2, 0.25) is 6.86 Å². The minimum atomic E-state index is -0.890. The zero-order chi connectivity index (χ0) is 12.5. The molecule has 0 aliphatic rings. The Bertz CT molecular complexity index is 731. The molecule has 90 valence electrons. The van der Waals surface area contributed by atoms with E-state index in [0.717, 1.165) is 10.8 Å². The van der Waals surface area contributed by atoms with Gasteiger partial charge in [-0.2, -0.15) is 0 Å². The molecule has 3 rings (SSSR count). The summed E-state index contributed by atoms with van der Waals surface area (Å²) in [5, 5.41) is 12.1. The minimum Gasteiger partial charge on any atom is -0.507 e. The third-order valence-corrected chi connectivity index (χ3v) is 2.79. The summed E-state index contributed by atoms with van der Waals surface area (Å²) in [7, 11) is 0. The molecular weight excluding hydrogens is 235 g/mol. The van der Waals surface area contributed by atoms with Crippen molar-refractivity contribution in [3.8, 4) is 11.5 Å². The number of aromatic hydroxyl groups is 1. The summed E-state index contributed by atoms with van der Waals surface area (Å²) < 4.78 is 17.0. The van der Waals surface area contributed by atoms with Crippen molar-refractivity contribution in [2.75, 3.05) is 6.86 Å². The predicted octanol–water partition coefficient (Wildman–Crippen LogP) is 2.79. The van der Waals surface area contributed by atoms with E-state index in [-0.39, 0.29) is 5.75 Å². The molecule has 0 atom stereocenters. The Morgan fingerprint density at radius 1 is 1.17 bits per heavy atom. The van der Waals surface area contributed by atoms with E-state index in [4.69, 9.17) is 4.74 Å². The molecule has 2 aromatic carbocycles. The first-order chi connectivity index (χ1) is 8.79. The Morgan fingerprint density at radius 2 is 2.06 bits per heavy atom. The lowest BCUT2D eigenvalue weighted by Crippen LogP contribution is -1.90. The summed E-state index contributed by atoms with van der Waals surface area (Å²) in [5.74, 6) is 0.531. The van der Waals surface area contributed by atoms with Gasteiger partial charge in [-0.25, -0.2) is 14.4 Å². The maximum Gasteiger partial charge on any atom is 0.228 e. The Morgan fingerprint density at radius 3 is 2.89 bits per heavy atom. The van der Waals surface area contributed by atoms with Crippen LogP contribution in [0.15, 0.2) is 36.8 Å². The fraction of sp³-hybridized carbons (Fsp3) is 0.0769. The van der Waals surface area contributed by atoms with Crippen molar-refractivity contribution in [2.45, 2.75) is 0 Å². The summed E-state index contributed by atoms with van der Waals surface area (Å²) in [6.45, 7) is -0.890. The van der Waals surface area contributed by atoms with Crippen LogP contribution < -0.4 is 4.74 Å². The van der Waals surface area contributed by atoms with Gasteiger partial charge in [0.25, 0.3) is 0 Å². The van der Waals surface area contributed by atoms with Crippen LogP contribution in [-0.2, 0) is 0 Å². The fourth-order valence-corrected chi connectivity index (χ4v) is 1.99. The first-order valence-corrected chi connectivity index (χ1v) is 5.34. The lowest BCUT2D eigenvalue weighted by molar-refractivity contribution is 0.192. The largest absolute Gasteiger partial charge is 0.507 e. The highest BCUT2D eigenvalue weighted by atomic mass is 19.1. The molecule has 0 aliphatic heterocycles. The van der Waals surface area contributed by atoms with Gasteiger partial charge in [0.05, 0.1) is 5.52 Å². The third-order valence-electron chi connectivity index (χ3n) is 2.79. The molecule has 0 radical (unpaired) electrons. The maximum atomic E-state index is 12.2. The van der Waals surface area contributed by atoms with Crippen LogP contribution in [0.25, 0.3) is 21.7 Å². The number of ether oxygens (including phenoxy) is 1. The van der Waals surface area contributed by atoms with Crippen molar-refractivity contribution in [3.05, 3.63) is 36.8 Å². The lowest BCUT2D eigenvalue weighted by Gasteiger charge is -2.07. The van der Waals surface area contributed by atoms with Crippen LogP contribution in [-0.4, -0.2) is 21.9 Å². The summed E-state index contributed by atoms with van der Waals surface area (Å²) >= 11 is 0. The second kappa shape index (κ2) is 4.10. The van der Waals surface area contributed by atoms with E-state index in [1.807, 2.05) is 0 Å². The second-order valence-electron chi connectivity index (χ2n) is 3.81. The summed E-state index contributed by atoms with van der Waals surface area (Å²) in [5.41, 5.74) is 0.632. The molecule has 0 saturated carbocycles. The molecule has 0 amide bonds. The quantitative estimate of drug-likeness (QED) is 0.704. The van der Waals surface area contributed by atoms with Crippen molar-refractivity contribution in [1.82, 2.24) is 9.97 Å². The molecule has 0 aliphatic carbocycles.